The molecule has 0 saturated carbocycles. The van der Waals surface area contributed by atoms with Gasteiger partial charge in [0.05, 0.1) is 11.3 Å². The molecule has 0 amide bonds. The van der Waals surface area contributed by atoms with E-state index in [9.17, 15) is 0 Å². The number of aromatic nitrogens is 3. The summed E-state index contributed by atoms with van der Waals surface area (Å²) in [4.78, 5) is 13.8. The van der Waals surface area contributed by atoms with E-state index in [1.807, 2.05) is 127 Å². The van der Waals surface area contributed by atoms with Gasteiger partial charge in [-0.15, -0.1) is 54.1 Å². The Bertz CT molecular complexity index is 2320. The largest absolute Gasteiger partial charge is 0.486 e. The second-order valence-corrected chi connectivity index (χ2v) is 13.3. The van der Waals surface area contributed by atoms with Gasteiger partial charge < -0.3 is 14.4 Å². The summed E-state index contributed by atoms with van der Waals surface area (Å²) in [5.41, 5.74) is 7.49. The minimum Gasteiger partial charge on any atom is -0.486 e. The number of benzene rings is 3. The van der Waals surface area contributed by atoms with Crippen molar-refractivity contribution in [2.24, 2.45) is 0 Å². The van der Waals surface area contributed by atoms with E-state index in [0.717, 1.165) is 38.7 Å². The second kappa shape index (κ2) is 15.0. The zero-order chi connectivity index (χ0) is 38.3. The predicted octanol–water partition coefficient (Wildman–Crippen LogP) is 11.9. The van der Waals surface area contributed by atoms with Crippen LogP contribution in [0.4, 0.5) is 0 Å². The van der Waals surface area contributed by atoms with Crippen LogP contribution in [0.2, 0.25) is 0 Å². The first-order chi connectivity index (χ1) is 24.8. The van der Waals surface area contributed by atoms with Crippen LogP contribution in [-0.2, 0) is 25.5 Å². The van der Waals surface area contributed by atoms with E-state index in [2.05, 4.69) is 22.1 Å². The Labute approximate surface area is 311 Å². The van der Waals surface area contributed by atoms with E-state index in [4.69, 9.17) is 16.3 Å². The third-order valence-corrected chi connectivity index (χ3v) is 8.31. The zero-order valence-electron chi connectivity index (χ0n) is 33.9. The van der Waals surface area contributed by atoms with Gasteiger partial charge in [-0.1, -0.05) is 101 Å². The monoisotopic (exact) mass is 827 g/mol. The van der Waals surface area contributed by atoms with Gasteiger partial charge in [0, 0.05) is 50.3 Å². The van der Waals surface area contributed by atoms with Crippen molar-refractivity contribution in [2.45, 2.75) is 72.5 Å². The van der Waals surface area contributed by atoms with Crippen LogP contribution in [0.15, 0.2) is 108 Å². The summed E-state index contributed by atoms with van der Waals surface area (Å²) in [5.74, 6) is -1.82. The summed E-state index contributed by atoms with van der Waals surface area (Å²) in [6.45, 7) is 10.9. The smallest absolute Gasteiger partial charge is 0.216 e. The molecule has 0 aliphatic heterocycles. The van der Waals surface area contributed by atoms with Crippen LogP contribution in [0.25, 0.3) is 55.8 Å². The van der Waals surface area contributed by atoms with Crippen molar-refractivity contribution >= 4 is 22.1 Å². The summed E-state index contributed by atoms with van der Waals surface area (Å²) < 4.78 is 48.4. The maximum Gasteiger partial charge on any atom is 0.216 e. The molecule has 0 bridgehead atoms. The fourth-order valence-corrected chi connectivity index (χ4v) is 5.88. The Kier molecular flexibility index (Phi) is 9.01. The average Bonchev–Trinajstić information content (AvgIpc) is 3.49. The minimum absolute atomic E-state index is 0. The molecule has 0 atom stereocenters. The van der Waals surface area contributed by atoms with Crippen molar-refractivity contribution < 1.29 is 31.4 Å². The van der Waals surface area contributed by atoms with Gasteiger partial charge in [-0.2, -0.15) is 0 Å². The second-order valence-electron chi connectivity index (χ2n) is 13.3. The first-order valence-electron chi connectivity index (χ1n) is 18.6. The molecule has 0 saturated heterocycles. The predicted molar refractivity (Wildman–Crippen MR) is 199 cm³/mol. The van der Waals surface area contributed by atoms with Gasteiger partial charge in [-0.05, 0) is 70.3 Å². The molecule has 4 nitrogen and oxygen atoms in total. The van der Waals surface area contributed by atoms with E-state index < -0.39 is 18.6 Å². The molecule has 4 aromatic heterocycles. The van der Waals surface area contributed by atoms with Gasteiger partial charge in [0.15, 0.2) is 0 Å². The average molecular weight is 827 g/mol. The first-order valence-corrected chi connectivity index (χ1v) is 16.1. The fourth-order valence-electron chi connectivity index (χ4n) is 5.88. The van der Waals surface area contributed by atoms with Crippen molar-refractivity contribution in [3.63, 3.8) is 0 Å². The third-order valence-electron chi connectivity index (χ3n) is 8.31. The summed E-state index contributed by atoms with van der Waals surface area (Å²) in [6, 6.07) is 34.9. The number of pyridine rings is 3. The van der Waals surface area contributed by atoms with Gasteiger partial charge in [0.2, 0.25) is 5.71 Å². The van der Waals surface area contributed by atoms with Crippen molar-refractivity contribution in [3.05, 3.63) is 138 Å². The van der Waals surface area contributed by atoms with Gasteiger partial charge >= 0.3 is 0 Å². The van der Waals surface area contributed by atoms with Crippen LogP contribution in [0.1, 0.15) is 89.4 Å². The van der Waals surface area contributed by atoms with Gasteiger partial charge in [0.25, 0.3) is 0 Å². The van der Waals surface area contributed by atoms with Crippen molar-refractivity contribution in [2.75, 3.05) is 0 Å². The van der Waals surface area contributed by atoms with Crippen LogP contribution in [0, 0.1) is 19.0 Å². The molecule has 1 radical (unpaired) electrons. The Hall–Kier alpha value is -4.44. The molecular weight excluding hydrogens is 779 g/mol. The molecule has 0 aliphatic carbocycles. The van der Waals surface area contributed by atoms with E-state index in [1.54, 1.807) is 24.5 Å². The molecule has 4 heterocycles. The van der Waals surface area contributed by atoms with E-state index in [1.165, 1.54) is 0 Å². The molecule has 0 fully saturated rings. The van der Waals surface area contributed by atoms with Crippen LogP contribution in [-0.4, -0.2) is 15.0 Å². The summed E-state index contributed by atoms with van der Waals surface area (Å²) in [7, 11) is 0. The number of hydrogen-bond donors (Lipinski definition) is 0. The maximum absolute atomic E-state index is 8.79. The fraction of sp³-hybridized carbons (Fsp3) is 0.250. The maximum atomic E-state index is 8.79. The number of aryl methyl sites for hydroxylation is 1. The normalized spacial score (nSPS) is 13.7. The quantitative estimate of drug-likeness (QED) is 0.162. The SMILES string of the molecule is [2H]C([2H])([2H])c1cc(-c2[c-]ccc3c2oc2nc(-c4c(C([2H])(C)C)cccc4C([2H])(C)C)ccc23)ncc1C(C)(C)C.[Ir].[c-]1ccccc1-c1ccccn1. The molecule has 0 spiro atoms. The third kappa shape index (κ3) is 7.59. The topological polar surface area (TPSA) is 51.8 Å². The van der Waals surface area contributed by atoms with E-state index in [-0.39, 0.29) is 31.1 Å². The molecule has 3 aromatic carbocycles. The Morgan fingerprint density at radius 2 is 1.51 bits per heavy atom. The molecule has 7 aromatic rings. The zero-order valence-corrected chi connectivity index (χ0v) is 31.3. The molecular formula is C44H43IrN3O-2. The number of rotatable bonds is 5. The first kappa shape index (κ1) is 29.5. The number of hydrogen-bond acceptors (Lipinski definition) is 4. The van der Waals surface area contributed by atoms with Gasteiger partial charge in [-0.3, -0.25) is 0 Å². The van der Waals surface area contributed by atoms with E-state index >= 15 is 0 Å². The Morgan fingerprint density at radius 3 is 2.14 bits per heavy atom. The molecule has 0 aliphatic rings. The van der Waals surface area contributed by atoms with Crippen LogP contribution < -0.4 is 0 Å². The summed E-state index contributed by atoms with van der Waals surface area (Å²) in [6.07, 6.45) is 3.43. The van der Waals surface area contributed by atoms with Crippen LogP contribution >= 0.6 is 0 Å². The summed E-state index contributed by atoms with van der Waals surface area (Å²) in [5, 5.41) is 1.62. The number of fused-ring (bicyclic) bond motifs is 3. The van der Waals surface area contributed by atoms with Gasteiger partial charge in [0.1, 0.15) is 0 Å². The van der Waals surface area contributed by atoms with Crippen molar-refractivity contribution in [1.82, 2.24) is 15.0 Å². The van der Waals surface area contributed by atoms with Crippen molar-refractivity contribution in [3.8, 4) is 33.8 Å². The molecule has 0 unspecified atom stereocenters. The van der Waals surface area contributed by atoms with Crippen LogP contribution in [0.3, 0.4) is 0 Å². The van der Waals surface area contributed by atoms with E-state index in [0.29, 0.717) is 33.8 Å². The van der Waals surface area contributed by atoms with Crippen molar-refractivity contribution in [1.29, 1.82) is 0 Å². The summed E-state index contributed by atoms with van der Waals surface area (Å²) >= 11 is 0. The molecule has 0 N–H and O–H groups in total. The molecule has 251 valence electrons. The Balaban J connectivity index is 0.000000365. The minimum atomic E-state index is -2.30. The Morgan fingerprint density at radius 1 is 0.755 bits per heavy atom. The van der Waals surface area contributed by atoms with Gasteiger partial charge in [-0.25, -0.2) is 4.98 Å². The van der Waals surface area contributed by atoms with Crippen LogP contribution in [0.5, 0.6) is 0 Å². The molecule has 5 heteroatoms. The molecule has 49 heavy (non-hydrogen) atoms. The molecule has 7 rings (SSSR count). The standard InChI is InChI=1S/C33H35N2O.C11H8N.Ir/c1-19(2)22-11-9-12-23(20(3)4)30(22)28-16-15-25-24-13-10-14-26(31(24)36-32(25)35-28)29-17-21(5)27(18-34-29)33(6,7)8;1-2-6-10(7-3-1)11-8-4-5-9-12-11;/h9-13,15-20H,1-8H3;1-6,8-9H;/q2*-1;/i5D3,19D,20D;;. The number of nitrogens with zero attached hydrogens (tertiary/aromatic N) is 3. The number of furan rings is 1.